The van der Waals surface area contributed by atoms with Crippen LogP contribution in [0.15, 0.2) is 54.7 Å². The number of hydrogen-bond acceptors (Lipinski definition) is 5. The Bertz CT molecular complexity index is 1180. The summed E-state index contributed by atoms with van der Waals surface area (Å²) in [6.07, 6.45) is 1.69. The topological polar surface area (TPSA) is 65.4 Å². The van der Waals surface area contributed by atoms with Crippen molar-refractivity contribution in [2.45, 2.75) is 32.7 Å². The van der Waals surface area contributed by atoms with Crippen LogP contribution in [0.2, 0.25) is 0 Å². The maximum atomic E-state index is 13.7. The normalized spacial score (nSPS) is 14.5. The molecule has 0 aliphatic carbocycles. The van der Waals surface area contributed by atoms with Crippen molar-refractivity contribution >= 4 is 11.5 Å². The van der Waals surface area contributed by atoms with Crippen LogP contribution < -0.4 is 10.1 Å². The molecule has 1 aliphatic heterocycles. The van der Waals surface area contributed by atoms with Crippen LogP contribution in [0.4, 0.5) is 4.39 Å². The van der Waals surface area contributed by atoms with Crippen LogP contribution in [-0.4, -0.2) is 36.0 Å². The van der Waals surface area contributed by atoms with Crippen molar-refractivity contribution in [3.8, 4) is 17.0 Å². The number of nitrogens with one attached hydrogen (secondary N) is 1. The number of carbonyl (C=O) groups excluding carboxylic acids is 1. The van der Waals surface area contributed by atoms with Gasteiger partial charge in [0.25, 0.3) is 0 Å². The molecule has 172 valence electrons. The highest BCUT2D eigenvalue weighted by Gasteiger charge is 2.36. The molecule has 0 unspecified atom stereocenters. The van der Waals surface area contributed by atoms with Crippen molar-refractivity contribution in [3.05, 3.63) is 77.4 Å². The third-order valence-electron chi connectivity index (χ3n) is 5.78. The number of esters is 1. The van der Waals surface area contributed by atoms with Gasteiger partial charge in [-0.15, -0.1) is 0 Å². The monoisotopic (exact) mass is 449 g/mol. The van der Waals surface area contributed by atoms with Gasteiger partial charge in [-0.25, -0.2) is 9.18 Å². The zero-order valence-corrected chi connectivity index (χ0v) is 19.3. The standard InChI is InChI=1S/C26H28FN3O3/c1-5-33-25(31)21-14-28-16-26(2,3)22-23(21)29-30(15-17-6-12-20(32-4)13-7-17)24(22)18-8-10-19(27)11-9-18/h6-14,28H,5,15-16H2,1-4H3. The number of aromatic nitrogens is 2. The van der Waals surface area contributed by atoms with E-state index in [-0.39, 0.29) is 17.8 Å². The summed E-state index contributed by atoms with van der Waals surface area (Å²) in [5.74, 6) is 0.0382. The van der Waals surface area contributed by atoms with E-state index in [0.29, 0.717) is 24.4 Å². The molecule has 1 aromatic heterocycles. The molecular formula is C26H28FN3O3. The average molecular weight is 450 g/mol. The average Bonchev–Trinajstić information content (AvgIpc) is 3.11. The van der Waals surface area contributed by atoms with Gasteiger partial charge in [-0.2, -0.15) is 5.10 Å². The fraction of sp³-hybridized carbons (Fsp3) is 0.308. The van der Waals surface area contributed by atoms with Gasteiger partial charge in [-0.05, 0) is 48.9 Å². The molecule has 2 heterocycles. The summed E-state index contributed by atoms with van der Waals surface area (Å²) in [6.45, 7) is 7.33. The smallest absolute Gasteiger partial charge is 0.341 e. The van der Waals surface area contributed by atoms with Crippen LogP contribution in [0.5, 0.6) is 5.75 Å². The van der Waals surface area contributed by atoms with Gasteiger partial charge in [0.05, 0.1) is 26.0 Å². The van der Waals surface area contributed by atoms with Gasteiger partial charge in [0.1, 0.15) is 22.8 Å². The molecule has 0 bridgehead atoms. The minimum Gasteiger partial charge on any atom is -0.497 e. The lowest BCUT2D eigenvalue weighted by Gasteiger charge is -2.25. The number of benzene rings is 2. The fourth-order valence-electron chi connectivity index (χ4n) is 4.14. The first-order valence-corrected chi connectivity index (χ1v) is 10.9. The van der Waals surface area contributed by atoms with E-state index < -0.39 is 5.97 Å². The van der Waals surface area contributed by atoms with Crippen molar-refractivity contribution in [1.82, 2.24) is 15.1 Å². The van der Waals surface area contributed by atoms with E-state index >= 15 is 0 Å². The lowest BCUT2D eigenvalue weighted by molar-refractivity contribution is -0.136. The Kier molecular flexibility index (Phi) is 6.22. The summed E-state index contributed by atoms with van der Waals surface area (Å²) >= 11 is 0. The highest BCUT2D eigenvalue weighted by atomic mass is 19.1. The van der Waals surface area contributed by atoms with Crippen LogP contribution in [0, 0.1) is 5.82 Å². The number of ether oxygens (including phenoxy) is 2. The molecule has 0 saturated carbocycles. The number of halogens is 1. The predicted octanol–water partition coefficient (Wildman–Crippen LogP) is 4.53. The number of hydrogen-bond donors (Lipinski definition) is 1. The first kappa shape index (κ1) is 22.6. The van der Waals surface area contributed by atoms with Crippen LogP contribution >= 0.6 is 0 Å². The highest BCUT2D eigenvalue weighted by molar-refractivity contribution is 6.16. The number of methoxy groups -OCH3 is 1. The third-order valence-corrected chi connectivity index (χ3v) is 5.78. The lowest BCUT2D eigenvalue weighted by Crippen LogP contribution is -2.30. The van der Waals surface area contributed by atoms with Crippen molar-refractivity contribution in [1.29, 1.82) is 0 Å². The second kappa shape index (κ2) is 9.10. The SMILES string of the molecule is CCOC(=O)C1=CNCC(C)(C)c2c1nn(Cc1ccc(OC)cc1)c2-c1ccc(F)cc1. The molecule has 2 aromatic carbocycles. The van der Waals surface area contributed by atoms with Crippen molar-refractivity contribution in [2.24, 2.45) is 0 Å². The maximum absolute atomic E-state index is 13.7. The maximum Gasteiger partial charge on any atom is 0.341 e. The van der Waals surface area contributed by atoms with Crippen molar-refractivity contribution in [2.75, 3.05) is 20.3 Å². The van der Waals surface area contributed by atoms with E-state index in [1.807, 2.05) is 28.9 Å². The summed E-state index contributed by atoms with van der Waals surface area (Å²) in [5, 5.41) is 8.15. The van der Waals surface area contributed by atoms with E-state index in [2.05, 4.69) is 19.2 Å². The Morgan fingerprint density at radius 3 is 2.48 bits per heavy atom. The Balaban J connectivity index is 1.92. The second-order valence-corrected chi connectivity index (χ2v) is 8.63. The van der Waals surface area contributed by atoms with Gasteiger partial charge < -0.3 is 14.8 Å². The zero-order chi connectivity index (χ0) is 23.6. The van der Waals surface area contributed by atoms with Crippen molar-refractivity contribution in [3.63, 3.8) is 0 Å². The molecule has 0 saturated heterocycles. The minimum atomic E-state index is -0.427. The Morgan fingerprint density at radius 2 is 1.85 bits per heavy atom. The first-order valence-electron chi connectivity index (χ1n) is 10.9. The summed E-state index contributed by atoms with van der Waals surface area (Å²) in [6, 6.07) is 14.1. The van der Waals surface area contributed by atoms with Crippen LogP contribution in [0.25, 0.3) is 16.8 Å². The van der Waals surface area contributed by atoms with Gasteiger partial charge in [0, 0.05) is 29.3 Å². The van der Waals surface area contributed by atoms with E-state index in [0.717, 1.165) is 28.1 Å². The molecule has 0 fully saturated rings. The molecule has 0 amide bonds. The van der Waals surface area contributed by atoms with Gasteiger partial charge in [-0.3, -0.25) is 4.68 Å². The summed E-state index contributed by atoms with van der Waals surface area (Å²) in [5.41, 5.74) is 4.23. The summed E-state index contributed by atoms with van der Waals surface area (Å²) < 4.78 is 26.2. The Morgan fingerprint density at radius 1 is 1.15 bits per heavy atom. The van der Waals surface area contributed by atoms with Gasteiger partial charge in [0.15, 0.2) is 0 Å². The molecule has 4 rings (SSSR count). The molecule has 33 heavy (non-hydrogen) atoms. The second-order valence-electron chi connectivity index (χ2n) is 8.63. The van der Waals surface area contributed by atoms with E-state index in [9.17, 15) is 9.18 Å². The number of fused-ring (bicyclic) bond motifs is 1. The molecule has 0 radical (unpaired) electrons. The van der Waals surface area contributed by atoms with E-state index in [1.165, 1.54) is 12.1 Å². The van der Waals surface area contributed by atoms with Crippen LogP contribution in [0.1, 0.15) is 37.6 Å². The molecule has 0 spiro atoms. The van der Waals surface area contributed by atoms with Gasteiger partial charge in [-0.1, -0.05) is 26.0 Å². The van der Waals surface area contributed by atoms with E-state index in [1.54, 1.807) is 32.4 Å². The molecule has 1 aliphatic rings. The molecule has 3 aromatic rings. The van der Waals surface area contributed by atoms with Crippen LogP contribution in [0.3, 0.4) is 0 Å². The predicted molar refractivity (Wildman–Crippen MR) is 125 cm³/mol. The van der Waals surface area contributed by atoms with Gasteiger partial charge >= 0.3 is 5.97 Å². The Labute approximate surface area is 193 Å². The molecule has 0 atom stereocenters. The fourth-order valence-corrected chi connectivity index (χ4v) is 4.14. The summed E-state index contributed by atoms with van der Waals surface area (Å²) in [4.78, 5) is 12.8. The van der Waals surface area contributed by atoms with Crippen LogP contribution in [-0.2, 0) is 21.5 Å². The first-order chi connectivity index (χ1) is 15.8. The molecule has 7 heteroatoms. The van der Waals surface area contributed by atoms with E-state index in [4.69, 9.17) is 14.6 Å². The number of nitrogens with zero attached hydrogens (tertiary/aromatic N) is 2. The summed E-state index contributed by atoms with van der Waals surface area (Å²) in [7, 11) is 1.63. The lowest BCUT2D eigenvalue weighted by atomic mass is 9.81. The third kappa shape index (κ3) is 4.49. The van der Waals surface area contributed by atoms with Gasteiger partial charge in [0.2, 0.25) is 0 Å². The zero-order valence-electron chi connectivity index (χ0n) is 19.3. The minimum absolute atomic E-state index is 0.270. The highest BCUT2D eigenvalue weighted by Crippen LogP contribution is 2.40. The molecule has 6 nitrogen and oxygen atoms in total. The Hall–Kier alpha value is -3.61. The quantitative estimate of drug-likeness (QED) is 0.560. The largest absolute Gasteiger partial charge is 0.497 e. The van der Waals surface area contributed by atoms with Crippen molar-refractivity contribution < 1.29 is 18.7 Å². The molecule has 1 N–H and O–H groups in total. The number of rotatable bonds is 6. The molecular weight excluding hydrogens is 421 g/mol. The number of carbonyl (C=O) groups is 1.